The zero-order chi connectivity index (χ0) is 33.9. The number of fused-ring (bicyclic) bond motifs is 3. The Kier molecular flexibility index (Phi) is 14.4. The smallest absolute Gasteiger partial charge is 0.0253 e. The molecule has 48 heavy (non-hydrogen) atoms. The van der Waals surface area contributed by atoms with Crippen LogP contribution in [0.25, 0.3) is 11.1 Å². The third kappa shape index (κ3) is 10.6. The molecule has 6 rings (SSSR count). The first-order valence-electron chi connectivity index (χ1n) is 14.7. The largest absolute Gasteiger partial charge is 1.00 e. The Morgan fingerprint density at radius 2 is 1.21 bits per heavy atom. The molecule has 5 aromatic carbocycles. The summed E-state index contributed by atoms with van der Waals surface area (Å²) >= 11 is 0.729. The van der Waals surface area contributed by atoms with E-state index in [0.29, 0.717) is 8.62 Å². The summed E-state index contributed by atoms with van der Waals surface area (Å²) in [5, 5.41) is 0. The van der Waals surface area contributed by atoms with Gasteiger partial charge in [-0.15, -0.1) is 5.56 Å². The number of benzene rings is 4. The molecule has 0 radical (unpaired) electrons. The minimum atomic E-state index is -4.49. The zero-order valence-electron chi connectivity index (χ0n) is 27.0. The van der Waals surface area contributed by atoms with Crippen molar-refractivity contribution in [2.75, 3.05) is 0 Å². The fourth-order valence-electron chi connectivity index (χ4n) is 5.48. The van der Waals surface area contributed by atoms with Crippen molar-refractivity contribution in [1.29, 1.82) is 0 Å². The molecule has 0 atom stereocenters. The van der Waals surface area contributed by atoms with Crippen molar-refractivity contribution < 1.29 is 75.4 Å². The van der Waals surface area contributed by atoms with Gasteiger partial charge in [0.25, 0.3) is 0 Å². The summed E-state index contributed by atoms with van der Waals surface area (Å²) < 4.78 is 76.7. The molecule has 0 saturated heterocycles. The summed E-state index contributed by atoms with van der Waals surface area (Å²) in [6, 6.07) is 31.8. The van der Waals surface area contributed by atoms with Gasteiger partial charge >= 0.3 is 137 Å². The van der Waals surface area contributed by atoms with Crippen LogP contribution in [0.5, 0.6) is 0 Å². The SMILES string of the molecule is Cc1cc(C(C)(C)C)c(C)[cH-]1.FC(F)(F)c1cccc([C](=[Zr+2])c2cccc(C(F)(F)F)c2)c1.[Cl-].[Cl-].[c-]1cccc2c1Cc1ccccc1-2. The Morgan fingerprint density at radius 1 is 0.688 bits per heavy atom. The van der Waals surface area contributed by atoms with Crippen LogP contribution in [0.1, 0.15) is 70.8 Å². The van der Waals surface area contributed by atoms with Crippen molar-refractivity contribution >= 4 is 3.21 Å². The molecule has 0 unspecified atom stereocenters. The van der Waals surface area contributed by atoms with Crippen molar-refractivity contribution in [2.45, 2.75) is 58.8 Å². The molecule has 252 valence electrons. The minimum absolute atomic E-state index is 0. The Bertz CT molecular complexity index is 1720. The second-order valence-electron chi connectivity index (χ2n) is 12.3. The van der Waals surface area contributed by atoms with Gasteiger partial charge in [-0.2, -0.15) is 52.6 Å². The van der Waals surface area contributed by atoms with Crippen LogP contribution in [0.15, 0.2) is 103 Å². The first kappa shape index (κ1) is 41.3. The van der Waals surface area contributed by atoms with Crippen molar-refractivity contribution in [1.82, 2.24) is 0 Å². The second kappa shape index (κ2) is 16.7. The van der Waals surface area contributed by atoms with Crippen molar-refractivity contribution in [3.05, 3.63) is 159 Å². The normalized spacial score (nSPS) is 11.8. The molecule has 0 fully saturated rings. The van der Waals surface area contributed by atoms with E-state index in [1.807, 2.05) is 6.07 Å². The van der Waals surface area contributed by atoms with Gasteiger partial charge in [-0.25, -0.2) is 6.07 Å². The zero-order valence-corrected chi connectivity index (χ0v) is 31.0. The monoisotopic (exact) mass is 776 g/mol. The number of halogens is 8. The molecule has 9 heteroatoms. The second-order valence-corrected chi connectivity index (χ2v) is 13.5. The summed E-state index contributed by atoms with van der Waals surface area (Å²) in [4.78, 5) is 0. The predicted molar refractivity (Wildman–Crippen MR) is 170 cm³/mol. The molecule has 0 bridgehead atoms. The first-order valence-corrected chi connectivity index (χ1v) is 15.9. The van der Waals surface area contributed by atoms with Crippen LogP contribution < -0.4 is 24.8 Å². The Hall–Kier alpha value is -2.86. The third-order valence-corrected chi connectivity index (χ3v) is 9.04. The van der Waals surface area contributed by atoms with Gasteiger partial charge in [0.1, 0.15) is 0 Å². The van der Waals surface area contributed by atoms with Gasteiger partial charge in [0.15, 0.2) is 0 Å². The van der Waals surface area contributed by atoms with Crippen LogP contribution in [0.3, 0.4) is 0 Å². The molecule has 0 nitrogen and oxygen atoms in total. The van der Waals surface area contributed by atoms with E-state index >= 15 is 0 Å². The quantitative estimate of drug-likeness (QED) is 0.167. The molecule has 0 saturated carbocycles. The van der Waals surface area contributed by atoms with Crippen LogP contribution in [0.2, 0.25) is 0 Å². The van der Waals surface area contributed by atoms with Crippen LogP contribution in [0, 0.1) is 19.9 Å². The van der Waals surface area contributed by atoms with Gasteiger partial charge < -0.3 is 24.8 Å². The minimum Gasteiger partial charge on any atom is -1.00 e. The van der Waals surface area contributed by atoms with Gasteiger partial charge in [0.05, 0.1) is 0 Å². The van der Waals surface area contributed by atoms with E-state index in [4.69, 9.17) is 0 Å². The van der Waals surface area contributed by atoms with Gasteiger partial charge in [0.2, 0.25) is 0 Å². The van der Waals surface area contributed by atoms with Gasteiger partial charge in [-0.05, 0) is 6.42 Å². The first-order chi connectivity index (χ1) is 21.4. The van der Waals surface area contributed by atoms with E-state index in [1.54, 1.807) is 0 Å². The molecule has 0 N–H and O–H groups in total. The molecule has 1 aliphatic rings. The van der Waals surface area contributed by atoms with Crippen LogP contribution >= 0.6 is 0 Å². The van der Waals surface area contributed by atoms with E-state index in [-0.39, 0.29) is 35.9 Å². The molecule has 0 aliphatic heterocycles. The fourth-order valence-corrected chi connectivity index (χ4v) is 6.24. The molecular weight excluding hydrogens is 745 g/mol. The van der Waals surface area contributed by atoms with E-state index in [0.717, 1.165) is 54.9 Å². The van der Waals surface area contributed by atoms with Crippen molar-refractivity contribution in [2.24, 2.45) is 0 Å². The Morgan fingerprint density at radius 3 is 1.67 bits per heavy atom. The maximum atomic E-state index is 12.7. The average Bonchev–Trinajstić information content (AvgIpc) is 3.55. The fraction of sp³-hybridized carbons (Fsp3) is 0.231. The molecule has 0 aromatic heterocycles. The number of hydrogen-bond donors (Lipinski definition) is 0. The molecule has 0 amide bonds. The standard InChI is InChI=1S/C15H8F6.C13H9.C11H17.2ClH.Zr/c16-14(17,18)12-5-1-3-10(8-12)7-11-4-2-6-13(9-11)15(19,20)21;1-3-7-12-10(5-1)9-11-6-2-4-8-13(11)12;1-8-6-9(2)10(7-8)11(3,4)5;;;/h1-6,8-9H;1-5,7-8H,9H2;6-7H,1-5H3;2*1H;/q;2*-1;;;+2/p-2. The Balaban J connectivity index is 0.000000263. The summed E-state index contributed by atoms with van der Waals surface area (Å²) in [7, 11) is 0. The van der Waals surface area contributed by atoms with Crippen LogP contribution in [0.4, 0.5) is 26.3 Å². The number of alkyl halides is 6. The van der Waals surface area contributed by atoms with Gasteiger partial charge in [0, 0.05) is 0 Å². The molecular formula is C39H34Cl2F6Zr-2. The maximum Gasteiger partial charge on any atom is -0.0253 e. The number of aryl methyl sites for hydroxylation is 2. The van der Waals surface area contributed by atoms with Crippen LogP contribution in [-0.2, 0) is 48.4 Å². The number of rotatable bonds is 2. The van der Waals surface area contributed by atoms with E-state index in [1.165, 1.54) is 63.2 Å². The summed E-state index contributed by atoms with van der Waals surface area (Å²) in [5.41, 5.74) is 9.00. The maximum absolute atomic E-state index is 12.7. The Labute approximate surface area is 306 Å². The van der Waals surface area contributed by atoms with Gasteiger partial charge in [-0.1, -0.05) is 75.4 Å². The average molecular weight is 779 g/mol. The van der Waals surface area contributed by atoms with E-state index in [9.17, 15) is 26.3 Å². The molecule has 0 spiro atoms. The van der Waals surface area contributed by atoms with E-state index < -0.39 is 23.5 Å². The molecule has 0 heterocycles. The summed E-state index contributed by atoms with van der Waals surface area (Å²) in [6.45, 7) is 11.1. The van der Waals surface area contributed by atoms with Crippen molar-refractivity contribution in [3.8, 4) is 11.1 Å². The topological polar surface area (TPSA) is 0 Å². The molecule has 5 aromatic rings. The number of hydrogen-bond acceptors (Lipinski definition) is 0. The summed E-state index contributed by atoms with van der Waals surface area (Å²) in [6.07, 6.45) is -7.92. The van der Waals surface area contributed by atoms with E-state index in [2.05, 4.69) is 89.2 Å². The van der Waals surface area contributed by atoms with Gasteiger partial charge in [-0.3, -0.25) is 0 Å². The third-order valence-electron chi connectivity index (χ3n) is 7.62. The molecule has 1 aliphatic carbocycles. The summed E-state index contributed by atoms with van der Waals surface area (Å²) in [5.74, 6) is 0. The van der Waals surface area contributed by atoms with Crippen LogP contribution in [-0.4, -0.2) is 3.21 Å². The predicted octanol–water partition coefficient (Wildman–Crippen LogP) is 5.23. The van der Waals surface area contributed by atoms with Crippen molar-refractivity contribution in [3.63, 3.8) is 0 Å².